The summed E-state index contributed by atoms with van der Waals surface area (Å²) < 4.78 is 25.0. The summed E-state index contributed by atoms with van der Waals surface area (Å²) in [6, 6.07) is 7.81. The Labute approximate surface area is 201 Å². The molecule has 1 saturated heterocycles. The van der Waals surface area contributed by atoms with Crippen molar-refractivity contribution in [2.75, 3.05) is 44.5 Å². The lowest BCUT2D eigenvalue weighted by molar-refractivity contribution is -0.111. The number of benzene rings is 2. The van der Waals surface area contributed by atoms with Crippen molar-refractivity contribution in [2.45, 2.75) is 12.5 Å². The van der Waals surface area contributed by atoms with Gasteiger partial charge in [0.1, 0.15) is 17.7 Å². The van der Waals surface area contributed by atoms with Gasteiger partial charge in [-0.3, -0.25) is 4.79 Å². The average molecular weight is 486 g/mol. The van der Waals surface area contributed by atoms with Crippen LogP contribution in [0.25, 0.3) is 10.9 Å². The Morgan fingerprint density at radius 3 is 2.94 bits per heavy atom. The van der Waals surface area contributed by atoms with Crippen LogP contribution in [0.1, 0.15) is 6.42 Å². The Morgan fingerprint density at radius 1 is 1.35 bits per heavy atom. The van der Waals surface area contributed by atoms with Crippen LogP contribution in [0, 0.1) is 5.82 Å². The zero-order chi connectivity index (χ0) is 24.1. The molecule has 0 saturated carbocycles. The van der Waals surface area contributed by atoms with E-state index in [0.717, 1.165) is 6.42 Å². The Hall–Kier alpha value is -3.27. The van der Waals surface area contributed by atoms with Crippen LogP contribution in [-0.2, 0) is 9.53 Å². The van der Waals surface area contributed by atoms with E-state index in [-0.39, 0.29) is 17.0 Å². The molecular weight excluding hydrogens is 461 g/mol. The maximum Gasteiger partial charge on any atom is 0.248 e. The summed E-state index contributed by atoms with van der Waals surface area (Å²) in [5, 5.41) is 6.62. The fourth-order valence-corrected chi connectivity index (χ4v) is 3.53. The first-order valence-electron chi connectivity index (χ1n) is 10.8. The van der Waals surface area contributed by atoms with Gasteiger partial charge in [-0.25, -0.2) is 14.4 Å². The number of anilines is 3. The minimum Gasteiger partial charge on any atom is -0.486 e. The van der Waals surface area contributed by atoms with Crippen molar-refractivity contribution in [3.8, 4) is 5.75 Å². The molecule has 34 heavy (non-hydrogen) atoms. The van der Waals surface area contributed by atoms with Crippen LogP contribution in [0.15, 0.2) is 48.7 Å². The largest absolute Gasteiger partial charge is 0.486 e. The van der Waals surface area contributed by atoms with Gasteiger partial charge in [0.25, 0.3) is 0 Å². The predicted octanol–water partition coefficient (Wildman–Crippen LogP) is 4.39. The van der Waals surface area contributed by atoms with Crippen LogP contribution in [0.3, 0.4) is 0 Å². The molecule has 1 amide bonds. The van der Waals surface area contributed by atoms with Crippen LogP contribution < -0.4 is 15.4 Å². The van der Waals surface area contributed by atoms with Gasteiger partial charge < -0.3 is 25.0 Å². The summed E-state index contributed by atoms with van der Waals surface area (Å²) in [5.74, 6) is 0.0390. The highest BCUT2D eigenvalue weighted by molar-refractivity contribution is 6.31. The first-order valence-corrected chi connectivity index (χ1v) is 11.1. The van der Waals surface area contributed by atoms with E-state index >= 15 is 0 Å². The van der Waals surface area contributed by atoms with Gasteiger partial charge in [-0.05, 0) is 38.4 Å². The van der Waals surface area contributed by atoms with Gasteiger partial charge in [-0.1, -0.05) is 17.7 Å². The quantitative estimate of drug-likeness (QED) is 0.457. The van der Waals surface area contributed by atoms with Crippen molar-refractivity contribution in [3.63, 3.8) is 0 Å². The minimum atomic E-state index is -0.504. The van der Waals surface area contributed by atoms with E-state index in [1.165, 1.54) is 18.2 Å². The number of nitrogens with zero attached hydrogens (tertiary/aromatic N) is 3. The van der Waals surface area contributed by atoms with E-state index < -0.39 is 5.82 Å². The zero-order valence-corrected chi connectivity index (χ0v) is 19.6. The molecule has 1 aliphatic heterocycles. The second-order valence-corrected chi connectivity index (χ2v) is 8.52. The number of amides is 1. The number of halogens is 2. The summed E-state index contributed by atoms with van der Waals surface area (Å²) >= 11 is 5.86. The summed E-state index contributed by atoms with van der Waals surface area (Å²) in [6.07, 6.45) is 5.55. The van der Waals surface area contributed by atoms with Gasteiger partial charge in [-0.2, -0.15) is 0 Å². The van der Waals surface area contributed by atoms with E-state index in [4.69, 9.17) is 21.1 Å². The molecule has 1 atom stereocenters. The number of hydrogen-bond acceptors (Lipinski definition) is 7. The molecule has 1 aromatic heterocycles. The number of carbonyl (C=O) groups is 1. The Balaban J connectivity index is 1.61. The standard InChI is InChI=1S/C24H25ClFN5O3/c1-31(2)8-3-4-23(32)29-21-10-15-13-27-24(28-16-5-6-19(26)18(25)11-16)30-20(15)12-22(21)34-17-7-9-33-14-17/h3-6,10-13,17H,7-9,14H2,1-2H3,(H,29,32)(H,27,28,30)/t17-/m0/s1. The first kappa shape index (κ1) is 23.9. The van der Waals surface area contributed by atoms with E-state index in [1.54, 1.807) is 30.5 Å². The van der Waals surface area contributed by atoms with Crippen molar-refractivity contribution in [1.82, 2.24) is 14.9 Å². The molecule has 1 fully saturated rings. The fourth-order valence-electron chi connectivity index (χ4n) is 3.35. The van der Waals surface area contributed by atoms with E-state index in [9.17, 15) is 9.18 Å². The Kier molecular flexibility index (Phi) is 7.56. The van der Waals surface area contributed by atoms with Crippen LogP contribution in [-0.4, -0.2) is 60.7 Å². The molecule has 0 radical (unpaired) electrons. The van der Waals surface area contributed by atoms with Crippen molar-refractivity contribution >= 4 is 45.7 Å². The van der Waals surface area contributed by atoms with Gasteiger partial charge in [0.05, 0.1) is 29.4 Å². The predicted molar refractivity (Wildman–Crippen MR) is 130 cm³/mol. The molecule has 8 nitrogen and oxygen atoms in total. The lowest BCUT2D eigenvalue weighted by Crippen LogP contribution is -2.18. The monoisotopic (exact) mass is 485 g/mol. The number of carbonyl (C=O) groups excluding carboxylic acids is 1. The summed E-state index contributed by atoms with van der Waals surface area (Å²) in [5.41, 5.74) is 1.69. The highest BCUT2D eigenvalue weighted by atomic mass is 35.5. The second kappa shape index (κ2) is 10.8. The van der Waals surface area contributed by atoms with Crippen LogP contribution >= 0.6 is 11.6 Å². The maximum atomic E-state index is 13.4. The molecule has 0 spiro atoms. The number of likely N-dealkylation sites (N-methyl/N-ethyl adjacent to an activating group) is 1. The third-order valence-corrected chi connectivity index (χ3v) is 5.33. The number of hydrogen-bond donors (Lipinski definition) is 2. The molecule has 178 valence electrons. The molecule has 10 heteroatoms. The number of ether oxygens (including phenoxy) is 2. The van der Waals surface area contributed by atoms with Crippen LogP contribution in [0.2, 0.25) is 5.02 Å². The molecular formula is C24H25ClFN5O3. The Morgan fingerprint density at radius 2 is 2.21 bits per heavy atom. The number of fused-ring (bicyclic) bond motifs is 1. The molecule has 4 rings (SSSR count). The van der Waals surface area contributed by atoms with Gasteiger partial charge in [0.2, 0.25) is 11.9 Å². The summed E-state index contributed by atoms with van der Waals surface area (Å²) in [6.45, 7) is 1.76. The molecule has 2 N–H and O–H groups in total. The smallest absolute Gasteiger partial charge is 0.248 e. The molecule has 2 heterocycles. The molecule has 3 aromatic rings. The lowest BCUT2D eigenvalue weighted by Gasteiger charge is -2.17. The number of rotatable bonds is 8. The van der Waals surface area contributed by atoms with Crippen molar-refractivity contribution < 1.29 is 18.7 Å². The van der Waals surface area contributed by atoms with E-state index in [1.807, 2.05) is 19.0 Å². The number of nitrogens with one attached hydrogen (secondary N) is 2. The molecule has 0 aliphatic carbocycles. The molecule has 0 bridgehead atoms. The van der Waals surface area contributed by atoms with Gasteiger partial charge in [-0.15, -0.1) is 0 Å². The Bertz CT molecular complexity index is 1210. The van der Waals surface area contributed by atoms with Crippen LogP contribution in [0.4, 0.5) is 21.7 Å². The lowest BCUT2D eigenvalue weighted by atomic mass is 10.2. The van der Waals surface area contributed by atoms with Crippen molar-refractivity contribution in [1.29, 1.82) is 0 Å². The van der Waals surface area contributed by atoms with E-state index in [2.05, 4.69) is 20.6 Å². The van der Waals surface area contributed by atoms with Gasteiger partial charge >= 0.3 is 0 Å². The molecule has 1 aliphatic rings. The highest BCUT2D eigenvalue weighted by Crippen LogP contribution is 2.32. The normalized spacial score (nSPS) is 15.9. The highest BCUT2D eigenvalue weighted by Gasteiger charge is 2.20. The number of aromatic nitrogens is 2. The first-order chi connectivity index (χ1) is 16.4. The van der Waals surface area contributed by atoms with E-state index in [0.29, 0.717) is 53.7 Å². The third kappa shape index (κ3) is 6.19. The minimum absolute atomic E-state index is 0.000252. The van der Waals surface area contributed by atoms with Gasteiger partial charge in [0.15, 0.2) is 0 Å². The van der Waals surface area contributed by atoms with Crippen molar-refractivity contribution in [2.24, 2.45) is 0 Å². The summed E-state index contributed by atoms with van der Waals surface area (Å²) in [4.78, 5) is 23.3. The van der Waals surface area contributed by atoms with Crippen molar-refractivity contribution in [3.05, 3.63) is 59.5 Å². The van der Waals surface area contributed by atoms with Crippen LogP contribution in [0.5, 0.6) is 5.75 Å². The second-order valence-electron chi connectivity index (χ2n) is 8.11. The third-order valence-electron chi connectivity index (χ3n) is 5.04. The topological polar surface area (TPSA) is 88.6 Å². The maximum absolute atomic E-state index is 13.4. The zero-order valence-electron chi connectivity index (χ0n) is 18.8. The molecule has 2 aromatic carbocycles. The molecule has 0 unspecified atom stereocenters. The average Bonchev–Trinajstić information content (AvgIpc) is 3.30. The SMILES string of the molecule is CN(C)CC=CC(=O)Nc1cc2cnc(Nc3ccc(F)c(Cl)c3)nc2cc1O[C@H]1CCOC1. The fraction of sp³-hybridized carbons (Fsp3) is 0.292. The summed E-state index contributed by atoms with van der Waals surface area (Å²) in [7, 11) is 3.85. The van der Waals surface area contributed by atoms with Gasteiger partial charge in [0, 0.05) is 42.4 Å².